The molecule has 0 unspecified atom stereocenters. The topological polar surface area (TPSA) is 38.8 Å². The summed E-state index contributed by atoms with van der Waals surface area (Å²) in [6.07, 6.45) is -0.0231. The first-order valence-corrected chi connectivity index (χ1v) is 7.45. The number of carbonyl (C=O) groups is 1. The van der Waals surface area contributed by atoms with E-state index in [-0.39, 0.29) is 6.54 Å². The molecule has 1 heterocycles. The number of rotatable bonds is 2. The van der Waals surface area contributed by atoms with Gasteiger partial charge in [0.1, 0.15) is 11.7 Å². The molecule has 1 amide bonds. The molecule has 0 spiro atoms. The number of nitrogens with zero attached hydrogens (tertiary/aromatic N) is 1. The van der Waals surface area contributed by atoms with Crippen molar-refractivity contribution in [2.75, 3.05) is 13.1 Å². The van der Waals surface area contributed by atoms with Gasteiger partial charge in [-0.1, -0.05) is 0 Å². The zero-order valence-electron chi connectivity index (χ0n) is 13.4. The minimum absolute atomic E-state index is 0.129. The molecule has 1 fully saturated rings. The first kappa shape index (κ1) is 17.4. The fraction of sp³-hybridized carbons (Fsp3) is 0.562. The second-order valence-corrected chi connectivity index (χ2v) is 6.48. The Morgan fingerprint density at radius 2 is 1.87 bits per heavy atom. The number of likely N-dealkylation sites (tertiary alicyclic amines) is 1. The van der Waals surface area contributed by atoms with Crippen molar-refractivity contribution < 1.29 is 27.4 Å². The second-order valence-electron chi connectivity index (χ2n) is 6.48. The van der Waals surface area contributed by atoms with Crippen LogP contribution in [0.5, 0.6) is 5.75 Å². The van der Waals surface area contributed by atoms with E-state index in [0.29, 0.717) is 25.5 Å². The predicted octanol–water partition coefficient (Wildman–Crippen LogP) is 3.88. The molecule has 0 radical (unpaired) electrons. The van der Waals surface area contributed by atoms with Gasteiger partial charge >= 0.3 is 6.09 Å². The number of benzene rings is 1. The summed E-state index contributed by atoms with van der Waals surface area (Å²) in [5.41, 5.74) is -0.633. The molecule has 1 aliphatic rings. The summed E-state index contributed by atoms with van der Waals surface area (Å²) >= 11 is 0. The summed E-state index contributed by atoms with van der Waals surface area (Å²) in [6.45, 7) is 5.86. The number of ether oxygens (including phenoxy) is 2. The second kappa shape index (κ2) is 6.68. The van der Waals surface area contributed by atoms with E-state index in [1.165, 1.54) is 4.90 Å². The lowest BCUT2D eigenvalue weighted by molar-refractivity contribution is 0.00682. The van der Waals surface area contributed by atoms with Gasteiger partial charge in [0, 0.05) is 6.54 Å². The van der Waals surface area contributed by atoms with E-state index >= 15 is 0 Å². The number of piperidine rings is 1. The van der Waals surface area contributed by atoms with E-state index in [2.05, 4.69) is 0 Å². The summed E-state index contributed by atoms with van der Waals surface area (Å²) in [5, 5.41) is 0. The standard InChI is InChI=1S/C16H20F3NO3/c1-16(2,3)23-15(21)20-8-4-5-10(9-20)22-14-12(18)7-6-11(17)13(14)19/h6-7,10H,4-5,8-9H2,1-3H3/t10-/m0/s1. The largest absolute Gasteiger partial charge is 0.482 e. The Morgan fingerprint density at radius 1 is 1.22 bits per heavy atom. The van der Waals surface area contributed by atoms with Crippen molar-refractivity contribution in [2.45, 2.75) is 45.3 Å². The average Bonchev–Trinajstić information content (AvgIpc) is 2.46. The van der Waals surface area contributed by atoms with Gasteiger partial charge in [-0.3, -0.25) is 0 Å². The third-order valence-electron chi connectivity index (χ3n) is 3.32. The highest BCUT2D eigenvalue weighted by molar-refractivity contribution is 5.68. The van der Waals surface area contributed by atoms with E-state index < -0.39 is 41.0 Å². The molecular weight excluding hydrogens is 311 g/mol. The molecule has 1 aromatic carbocycles. The summed E-state index contributed by atoms with van der Waals surface area (Å²) in [5.74, 6) is -4.26. The normalized spacial score (nSPS) is 18.7. The third-order valence-corrected chi connectivity index (χ3v) is 3.32. The Balaban J connectivity index is 2.05. The smallest absolute Gasteiger partial charge is 0.410 e. The van der Waals surface area contributed by atoms with Crippen molar-refractivity contribution in [3.8, 4) is 5.75 Å². The molecule has 2 rings (SSSR count). The molecule has 0 saturated carbocycles. The Morgan fingerprint density at radius 3 is 2.52 bits per heavy atom. The first-order valence-electron chi connectivity index (χ1n) is 7.45. The van der Waals surface area contributed by atoms with Gasteiger partial charge in [0.25, 0.3) is 0 Å². The lowest BCUT2D eigenvalue weighted by Crippen LogP contribution is -2.46. The summed E-state index contributed by atoms with van der Waals surface area (Å²) in [4.78, 5) is 13.5. The van der Waals surface area contributed by atoms with Crippen LogP contribution in [-0.2, 0) is 4.74 Å². The van der Waals surface area contributed by atoms with Crippen LogP contribution in [0.3, 0.4) is 0 Å². The molecular formula is C16H20F3NO3. The molecule has 1 atom stereocenters. The summed E-state index contributed by atoms with van der Waals surface area (Å²) in [6, 6.07) is 1.51. The van der Waals surface area contributed by atoms with Crippen molar-refractivity contribution in [3.63, 3.8) is 0 Å². The molecule has 128 valence electrons. The number of amides is 1. The van der Waals surface area contributed by atoms with Crippen molar-refractivity contribution in [3.05, 3.63) is 29.6 Å². The molecule has 0 bridgehead atoms. The van der Waals surface area contributed by atoms with Crippen LogP contribution in [0.4, 0.5) is 18.0 Å². The van der Waals surface area contributed by atoms with Crippen LogP contribution in [0.1, 0.15) is 33.6 Å². The lowest BCUT2D eigenvalue weighted by atomic mass is 10.1. The average molecular weight is 331 g/mol. The fourth-order valence-electron chi connectivity index (χ4n) is 2.31. The lowest BCUT2D eigenvalue weighted by Gasteiger charge is -2.34. The van der Waals surface area contributed by atoms with Gasteiger partial charge in [-0.2, -0.15) is 4.39 Å². The van der Waals surface area contributed by atoms with Crippen molar-refractivity contribution >= 4 is 6.09 Å². The molecule has 0 aromatic heterocycles. The highest BCUT2D eigenvalue weighted by Crippen LogP contribution is 2.27. The zero-order valence-corrected chi connectivity index (χ0v) is 13.4. The fourth-order valence-corrected chi connectivity index (χ4v) is 2.31. The molecule has 1 aliphatic heterocycles. The predicted molar refractivity (Wildman–Crippen MR) is 77.8 cm³/mol. The van der Waals surface area contributed by atoms with Crippen molar-refractivity contribution in [1.29, 1.82) is 0 Å². The highest BCUT2D eigenvalue weighted by Gasteiger charge is 2.30. The maximum Gasteiger partial charge on any atom is 0.410 e. The number of halogens is 3. The Bertz CT molecular complexity index is 587. The number of carbonyl (C=O) groups excluding carboxylic acids is 1. The van der Waals surface area contributed by atoms with Crippen LogP contribution in [0.15, 0.2) is 12.1 Å². The van der Waals surface area contributed by atoms with E-state index in [9.17, 15) is 18.0 Å². The zero-order chi connectivity index (χ0) is 17.2. The van der Waals surface area contributed by atoms with Gasteiger partial charge in [0.2, 0.25) is 5.82 Å². The van der Waals surface area contributed by atoms with Crippen LogP contribution in [-0.4, -0.2) is 35.8 Å². The van der Waals surface area contributed by atoms with E-state index in [1.807, 2.05) is 0 Å². The van der Waals surface area contributed by atoms with Gasteiger partial charge < -0.3 is 14.4 Å². The number of hydrogen-bond acceptors (Lipinski definition) is 3. The molecule has 23 heavy (non-hydrogen) atoms. The van der Waals surface area contributed by atoms with Gasteiger partial charge in [-0.05, 0) is 45.7 Å². The van der Waals surface area contributed by atoms with Crippen LogP contribution < -0.4 is 4.74 Å². The minimum Gasteiger partial charge on any atom is -0.482 e. The van der Waals surface area contributed by atoms with Crippen LogP contribution in [0, 0.1) is 17.5 Å². The molecule has 1 aromatic rings. The van der Waals surface area contributed by atoms with Gasteiger partial charge in [0.15, 0.2) is 17.4 Å². The van der Waals surface area contributed by atoms with Gasteiger partial charge in [-0.15, -0.1) is 0 Å². The van der Waals surface area contributed by atoms with E-state index in [1.54, 1.807) is 20.8 Å². The maximum absolute atomic E-state index is 13.7. The van der Waals surface area contributed by atoms with Gasteiger partial charge in [0.05, 0.1) is 6.54 Å². The minimum atomic E-state index is -1.36. The highest BCUT2D eigenvalue weighted by atomic mass is 19.2. The Labute approximate surface area is 133 Å². The van der Waals surface area contributed by atoms with Crippen LogP contribution in [0.25, 0.3) is 0 Å². The van der Waals surface area contributed by atoms with Crippen LogP contribution >= 0.6 is 0 Å². The molecule has 4 nitrogen and oxygen atoms in total. The molecule has 0 aliphatic carbocycles. The third kappa shape index (κ3) is 4.53. The van der Waals surface area contributed by atoms with Crippen molar-refractivity contribution in [2.24, 2.45) is 0 Å². The molecule has 1 saturated heterocycles. The van der Waals surface area contributed by atoms with E-state index in [4.69, 9.17) is 9.47 Å². The van der Waals surface area contributed by atoms with E-state index in [0.717, 1.165) is 6.07 Å². The molecule has 0 N–H and O–H groups in total. The first-order chi connectivity index (χ1) is 10.7. The summed E-state index contributed by atoms with van der Waals surface area (Å²) < 4.78 is 51.0. The number of hydrogen-bond donors (Lipinski definition) is 0. The van der Waals surface area contributed by atoms with Crippen LogP contribution in [0.2, 0.25) is 0 Å². The SMILES string of the molecule is CC(C)(C)OC(=O)N1CCC[C@H](Oc2c(F)ccc(F)c2F)C1. The Hall–Kier alpha value is -1.92. The quantitative estimate of drug-likeness (QED) is 0.772. The monoisotopic (exact) mass is 331 g/mol. The summed E-state index contributed by atoms with van der Waals surface area (Å²) in [7, 11) is 0. The maximum atomic E-state index is 13.7. The van der Waals surface area contributed by atoms with Crippen molar-refractivity contribution in [1.82, 2.24) is 4.90 Å². The Kier molecular flexibility index (Phi) is 5.06. The van der Waals surface area contributed by atoms with Gasteiger partial charge in [-0.25, -0.2) is 13.6 Å². The molecule has 7 heteroatoms.